The van der Waals surface area contributed by atoms with Crippen LogP contribution in [0.25, 0.3) is 0 Å². The molecule has 0 bridgehead atoms. The molecule has 2 aromatic carbocycles. The number of rotatable bonds is 4. The molecule has 0 aliphatic carbocycles. The van der Waals surface area contributed by atoms with Crippen molar-refractivity contribution < 1.29 is 4.74 Å². The zero-order chi connectivity index (χ0) is 14.5. The van der Waals surface area contributed by atoms with Crippen molar-refractivity contribution in [2.45, 2.75) is 6.54 Å². The van der Waals surface area contributed by atoms with E-state index in [1.54, 1.807) is 25.3 Å². The molecule has 0 aliphatic heterocycles. The number of nitriles is 1. The van der Waals surface area contributed by atoms with Crippen LogP contribution in [-0.2, 0) is 6.54 Å². The van der Waals surface area contributed by atoms with Gasteiger partial charge < -0.3 is 10.1 Å². The van der Waals surface area contributed by atoms with Crippen LogP contribution in [0, 0.1) is 11.3 Å². The Labute approximate surface area is 127 Å². The standard InChI is InChI=1S/C15H12Cl2N2O/c1-20-15-4-2-3-13(16)12(15)9-19-11-6-5-10(8-18)14(17)7-11/h2-7,19H,9H2,1H3. The van der Waals surface area contributed by atoms with Gasteiger partial charge in [0.15, 0.2) is 0 Å². The molecular formula is C15H12Cl2N2O. The van der Waals surface area contributed by atoms with E-state index in [0.717, 1.165) is 17.0 Å². The smallest absolute Gasteiger partial charge is 0.125 e. The maximum absolute atomic E-state index is 8.83. The predicted octanol–water partition coefficient (Wildman–Crippen LogP) is 4.49. The maximum Gasteiger partial charge on any atom is 0.125 e. The van der Waals surface area contributed by atoms with Gasteiger partial charge in [-0.15, -0.1) is 0 Å². The minimum atomic E-state index is 0.420. The molecule has 102 valence electrons. The average Bonchev–Trinajstić information content (AvgIpc) is 2.46. The topological polar surface area (TPSA) is 45.0 Å². The molecule has 1 N–H and O–H groups in total. The van der Waals surface area contributed by atoms with Gasteiger partial charge in [0.05, 0.1) is 17.7 Å². The van der Waals surface area contributed by atoms with Crippen molar-refractivity contribution in [3.05, 3.63) is 57.6 Å². The number of benzene rings is 2. The van der Waals surface area contributed by atoms with Gasteiger partial charge in [-0.3, -0.25) is 0 Å². The van der Waals surface area contributed by atoms with Crippen molar-refractivity contribution in [2.75, 3.05) is 12.4 Å². The Kier molecular flexibility index (Phi) is 4.73. The summed E-state index contributed by atoms with van der Waals surface area (Å²) in [5, 5.41) is 13.1. The lowest BCUT2D eigenvalue weighted by Crippen LogP contribution is -2.02. The number of halogens is 2. The van der Waals surface area contributed by atoms with E-state index >= 15 is 0 Å². The predicted molar refractivity (Wildman–Crippen MR) is 81.5 cm³/mol. The third-order valence-electron chi connectivity index (χ3n) is 2.85. The Bertz CT molecular complexity index is 665. The fourth-order valence-electron chi connectivity index (χ4n) is 1.81. The summed E-state index contributed by atoms with van der Waals surface area (Å²) in [6, 6.07) is 12.7. The van der Waals surface area contributed by atoms with Gasteiger partial charge in [0.1, 0.15) is 11.8 Å². The first-order chi connectivity index (χ1) is 9.65. The number of hydrogen-bond acceptors (Lipinski definition) is 3. The maximum atomic E-state index is 8.83. The lowest BCUT2D eigenvalue weighted by molar-refractivity contribution is 0.410. The van der Waals surface area contributed by atoms with E-state index in [-0.39, 0.29) is 0 Å². The van der Waals surface area contributed by atoms with E-state index in [9.17, 15) is 0 Å². The largest absolute Gasteiger partial charge is 0.496 e. The molecule has 0 fully saturated rings. The zero-order valence-corrected chi connectivity index (χ0v) is 12.3. The monoisotopic (exact) mass is 306 g/mol. The molecule has 0 unspecified atom stereocenters. The molecular weight excluding hydrogens is 295 g/mol. The molecule has 0 spiro atoms. The summed E-state index contributed by atoms with van der Waals surface area (Å²) in [6.07, 6.45) is 0. The first-order valence-electron chi connectivity index (χ1n) is 5.90. The SMILES string of the molecule is COc1cccc(Cl)c1CNc1ccc(C#N)c(Cl)c1. The molecule has 0 aromatic heterocycles. The van der Waals surface area contributed by atoms with Crippen LogP contribution in [0.15, 0.2) is 36.4 Å². The summed E-state index contributed by atoms with van der Waals surface area (Å²) in [5.41, 5.74) is 2.14. The third kappa shape index (κ3) is 3.16. The van der Waals surface area contributed by atoms with E-state index in [1.807, 2.05) is 24.3 Å². The lowest BCUT2D eigenvalue weighted by atomic mass is 10.2. The molecule has 0 atom stereocenters. The quantitative estimate of drug-likeness (QED) is 0.905. The summed E-state index contributed by atoms with van der Waals surface area (Å²) in [7, 11) is 1.60. The second kappa shape index (κ2) is 6.51. The van der Waals surface area contributed by atoms with E-state index < -0.39 is 0 Å². The van der Waals surface area contributed by atoms with Crippen LogP contribution in [0.4, 0.5) is 5.69 Å². The minimum Gasteiger partial charge on any atom is -0.496 e. The van der Waals surface area contributed by atoms with Gasteiger partial charge in [-0.1, -0.05) is 29.3 Å². The van der Waals surface area contributed by atoms with Crippen LogP contribution in [0.2, 0.25) is 10.0 Å². The minimum absolute atomic E-state index is 0.420. The molecule has 0 saturated heterocycles. The molecule has 0 heterocycles. The van der Waals surface area contributed by atoms with Gasteiger partial charge in [0.25, 0.3) is 0 Å². The van der Waals surface area contributed by atoms with Gasteiger partial charge in [-0.05, 0) is 30.3 Å². The Balaban J connectivity index is 2.17. The summed E-state index contributed by atoms with van der Waals surface area (Å²) >= 11 is 12.2. The Morgan fingerprint density at radius 2 is 2.00 bits per heavy atom. The van der Waals surface area contributed by atoms with Crippen LogP contribution in [-0.4, -0.2) is 7.11 Å². The number of methoxy groups -OCH3 is 1. The van der Waals surface area contributed by atoms with Crippen LogP contribution in [0.3, 0.4) is 0 Å². The van der Waals surface area contributed by atoms with Gasteiger partial charge in [-0.2, -0.15) is 5.26 Å². The first kappa shape index (κ1) is 14.5. The molecule has 0 aliphatic rings. The van der Waals surface area contributed by atoms with Crippen LogP contribution in [0.1, 0.15) is 11.1 Å². The normalized spacial score (nSPS) is 9.90. The molecule has 0 saturated carbocycles. The van der Waals surface area contributed by atoms with Crippen molar-refractivity contribution in [1.82, 2.24) is 0 Å². The fourth-order valence-corrected chi connectivity index (χ4v) is 2.26. The summed E-state index contributed by atoms with van der Waals surface area (Å²) in [4.78, 5) is 0. The first-order valence-corrected chi connectivity index (χ1v) is 6.66. The highest BCUT2D eigenvalue weighted by Gasteiger charge is 2.08. The Morgan fingerprint density at radius 3 is 2.65 bits per heavy atom. The van der Waals surface area contributed by atoms with Crippen molar-refractivity contribution in [3.63, 3.8) is 0 Å². The van der Waals surface area contributed by atoms with Gasteiger partial charge in [-0.25, -0.2) is 0 Å². The molecule has 3 nitrogen and oxygen atoms in total. The van der Waals surface area contributed by atoms with Crippen molar-refractivity contribution in [2.24, 2.45) is 0 Å². The highest BCUT2D eigenvalue weighted by molar-refractivity contribution is 6.32. The van der Waals surface area contributed by atoms with Gasteiger partial charge >= 0.3 is 0 Å². The molecule has 0 radical (unpaired) electrons. The number of anilines is 1. The number of nitrogens with zero attached hydrogens (tertiary/aromatic N) is 1. The van der Waals surface area contributed by atoms with Gasteiger partial charge in [0, 0.05) is 22.8 Å². The summed E-state index contributed by atoms with van der Waals surface area (Å²) < 4.78 is 5.28. The Hall–Kier alpha value is -1.89. The molecule has 2 aromatic rings. The highest BCUT2D eigenvalue weighted by atomic mass is 35.5. The number of nitrogens with one attached hydrogen (secondary N) is 1. The fraction of sp³-hybridized carbons (Fsp3) is 0.133. The van der Waals surface area contributed by atoms with Crippen LogP contribution >= 0.6 is 23.2 Å². The number of hydrogen-bond donors (Lipinski definition) is 1. The number of ether oxygens (including phenoxy) is 1. The van der Waals surface area contributed by atoms with Gasteiger partial charge in [0.2, 0.25) is 0 Å². The van der Waals surface area contributed by atoms with Crippen LogP contribution < -0.4 is 10.1 Å². The summed E-state index contributed by atoms with van der Waals surface area (Å²) in [6.45, 7) is 0.505. The van der Waals surface area contributed by atoms with E-state index in [1.165, 1.54) is 0 Å². The van der Waals surface area contributed by atoms with E-state index in [2.05, 4.69) is 5.32 Å². The highest BCUT2D eigenvalue weighted by Crippen LogP contribution is 2.28. The molecule has 0 amide bonds. The Morgan fingerprint density at radius 1 is 1.20 bits per heavy atom. The molecule has 20 heavy (non-hydrogen) atoms. The lowest BCUT2D eigenvalue weighted by Gasteiger charge is -2.12. The van der Waals surface area contributed by atoms with E-state index in [4.69, 9.17) is 33.2 Å². The molecule has 2 rings (SSSR count). The second-order valence-electron chi connectivity index (χ2n) is 4.08. The van der Waals surface area contributed by atoms with Crippen molar-refractivity contribution >= 4 is 28.9 Å². The van der Waals surface area contributed by atoms with Crippen molar-refractivity contribution in [3.8, 4) is 11.8 Å². The van der Waals surface area contributed by atoms with Crippen LogP contribution in [0.5, 0.6) is 5.75 Å². The van der Waals surface area contributed by atoms with Crippen molar-refractivity contribution in [1.29, 1.82) is 5.26 Å². The zero-order valence-electron chi connectivity index (χ0n) is 10.8. The third-order valence-corrected chi connectivity index (χ3v) is 3.52. The molecule has 5 heteroatoms. The average molecular weight is 307 g/mol. The second-order valence-corrected chi connectivity index (χ2v) is 4.90. The summed E-state index contributed by atoms with van der Waals surface area (Å²) in [5.74, 6) is 0.727. The van der Waals surface area contributed by atoms with E-state index in [0.29, 0.717) is 22.2 Å².